The van der Waals surface area contributed by atoms with Gasteiger partial charge in [0.15, 0.2) is 0 Å². The number of hydrogen-bond donors (Lipinski definition) is 1. The first-order chi connectivity index (χ1) is 16.6. The minimum Gasteiger partial charge on any atom is -0.364 e. The summed E-state index contributed by atoms with van der Waals surface area (Å²) in [5.74, 6) is 3.16. The van der Waals surface area contributed by atoms with Gasteiger partial charge in [0, 0.05) is 49.9 Å². The van der Waals surface area contributed by atoms with E-state index in [4.69, 9.17) is 21.6 Å². The van der Waals surface area contributed by atoms with E-state index in [1.165, 1.54) is 11.1 Å². The quantitative estimate of drug-likeness (QED) is 0.623. The summed E-state index contributed by atoms with van der Waals surface area (Å²) in [7, 11) is -1.05. The van der Waals surface area contributed by atoms with Gasteiger partial charge < -0.3 is 10.2 Å². The smallest absolute Gasteiger partial charge is 0.227 e. The minimum atomic E-state index is -1.05. The normalized spacial score (nSPS) is 26.4. The van der Waals surface area contributed by atoms with Crippen LogP contribution in [0.5, 0.6) is 0 Å². The van der Waals surface area contributed by atoms with Gasteiger partial charge in [-0.2, -0.15) is 4.98 Å². The molecule has 2 aromatic rings. The molecular weight excluding hydrogens is 473 g/mol. The molecule has 34 heavy (non-hydrogen) atoms. The number of benzene rings is 1. The fraction of sp³-hybridized carbons (Fsp3) is 0.520. The van der Waals surface area contributed by atoms with Crippen molar-refractivity contribution in [2.24, 2.45) is 11.8 Å². The summed E-state index contributed by atoms with van der Waals surface area (Å²) in [4.78, 5) is 15.1. The van der Waals surface area contributed by atoms with Crippen molar-refractivity contribution in [3.05, 3.63) is 46.6 Å². The Bertz CT molecular complexity index is 1140. The van der Waals surface area contributed by atoms with Crippen LogP contribution in [0.2, 0.25) is 5.02 Å². The van der Waals surface area contributed by atoms with Crippen LogP contribution in [0.4, 0.5) is 16.2 Å². The Morgan fingerprint density at radius 2 is 1.97 bits per heavy atom. The van der Waals surface area contributed by atoms with E-state index in [2.05, 4.69) is 33.3 Å². The maximum Gasteiger partial charge on any atom is 0.227 e. The number of nitrogens with one attached hydrogen (secondary N) is 1. The van der Waals surface area contributed by atoms with Gasteiger partial charge in [0.2, 0.25) is 5.95 Å². The van der Waals surface area contributed by atoms with Crippen molar-refractivity contribution in [3.63, 3.8) is 0 Å². The van der Waals surface area contributed by atoms with E-state index in [0.29, 0.717) is 24.0 Å². The molecule has 9 heteroatoms. The number of likely N-dealkylation sites (tertiary alicyclic amines) is 1. The first kappa shape index (κ1) is 22.4. The number of alkyl halides is 1. The van der Waals surface area contributed by atoms with Crippen molar-refractivity contribution in [1.82, 2.24) is 14.9 Å². The van der Waals surface area contributed by atoms with E-state index in [-0.39, 0.29) is 12.7 Å². The summed E-state index contributed by atoms with van der Waals surface area (Å²) in [5, 5.41) is 4.30. The van der Waals surface area contributed by atoms with Gasteiger partial charge in [-0.25, -0.2) is 4.98 Å². The zero-order chi connectivity index (χ0) is 23.2. The highest BCUT2D eigenvalue weighted by atomic mass is 35.5. The largest absolute Gasteiger partial charge is 0.364 e. The highest BCUT2D eigenvalue weighted by Crippen LogP contribution is 2.42. The molecule has 1 aromatic carbocycles. The van der Waals surface area contributed by atoms with Gasteiger partial charge in [0.25, 0.3) is 0 Å². The lowest BCUT2D eigenvalue weighted by Crippen LogP contribution is -2.55. The van der Waals surface area contributed by atoms with Gasteiger partial charge in [-0.15, -0.1) is 0 Å². The van der Waals surface area contributed by atoms with Crippen molar-refractivity contribution in [2.45, 2.75) is 30.2 Å². The number of nitrogens with zero attached hydrogens (tertiary/aromatic N) is 4. The number of hydrogen-bond acceptors (Lipinski definition) is 6. The molecule has 6 nitrogen and oxygen atoms in total. The molecule has 0 unspecified atom stereocenters. The molecule has 1 aromatic heterocycles. The lowest BCUT2D eigenvalue weighted by Gasteiger charge is -2.40. The van der Waals surface area contributed by atoms with Crippen molar-refractivity contribution < 1.29 is 8.60 Å². The third kappa shape index (κ3) is 4.25. The molecule has 6 rings (SSSR count). The van der Waals surface area contributed by atoms with E-state index in [0.717, 1.165) is 72.9 Å². The molecule has 0 spiro atoms. The Morgan fingerprint density at radius 3 is 2.74 bits per heavy atom. The van der Waals surface area contributed by atoms with Gasteiger partial charge in [0.05, 0.1) is 29.2 Å². The molecule has 4 aliphatic rings. The fourth-order valence-corrected chi connectivity index (χ4v) is 7.13. The maximum atomic E-state index is 12.7. The van der Waals surface area contributed by atoms with E-state index in [9.17, 15) is 8.60 Å². The Morgan fingerprint density at radius 1 is 1.15 bits per heavy atom. The molecule has 0 amide bonds. The number of halogens is 2. The second-order valence-electron chi connectivity index (χ2n) is 9.82. The van der Waals surface area contributed by atoms with E-state index < -0.39 is 10.8 Å². The maximum absolute atomic E-state index is 12.7. The average molecular weight is 502 g/mol. The van der Waals surface area contributed by atoms with E-state index in [1.807, 2.05) is 12.1 Å². The van der Waals surface area contributed by atoms with Crippen LogP contribution < -0.4 is 10.2 Å². The topological polar surface area (TPSA) is 61.4 Å². The number of rotatable bonds is 7. The highest BCUT2D eigenvalue weighted by molar-refractivity contribution is 7.85. The summed E-state index contributed by atoms with van der Waals surface area (Å²) in [5.41, 5.74) is 3.59. The molecule has 0 bridgehead atoms. The summed E-state index contributed by atoms with van der Waals surface area (Å²) in [6.07, 6.45) is 4.78. The highest BCUT2D eigenvalue weighted by Gasteiger charge is 2.39. The van der Waals surface area contributed by atoms with Crippen molar-refractivity contribution in [1.29, 1.82) is 0 Å². The fourth-order valence-electron chi connectivity index (χ4n) is 5.70. The number of anilines is 2. The molecule has 0 radical (unpaired) electrons. The van der Waals surface area contributed by atoms with Crippen LogP contribution in [-0.4, -0.2) is 70.3 Å². The molecule has 2 saturated heterocycles. The summed E-state index contributed by atoms with van der Waals surface area (Å²) in [6, 6.07) is 8.38. The zero-order valence-electron chi connectivity index (χ0n) is 19.1. The second-order valence-corrected chi connectivity index (χ2v) is 11.8. The van der Waals surface area contributed by atoms with Crippen LogP contribution in [0.15, 0.2) is 35.2 Å². The van der Waals surface area contributed by atoms with E-state index >= 15 is 0 Å². The van der Waals surface area contributed by atoms with Gasteiger partial charge >= 0.3 is 0 Å². The molecule has 1 N–H and O–H groups in total. The molecular formula is C25H29ClFN5OS. The molecule has 4 heterocycles. The first-order valence-corrected chi connectivity index (χ1v) is 13.8. The predicted molar refractivity (Wildman–Crippen MR) is 135 cm³/mol. The van der Waals surface area contributed by atoms with Crippen molar-refractivity contribution in [2.75, 3.05) is 55.4 Å². The number of aromatic nitrogens is 2. The Balaban J connectivity index is 1.18. The number of fused-ring (bicyclic) bond motifs is 2. The summed E-state index contributed by atoms with van der Waals surface area (Å²) < 4.78 is 25.1. The molecule has 3 atom stereocenters. The van der Waals surface area contributed by atoms with Gasteiger partial charge in [-0.05, 0) is 47.9 Å². The lowest BCUT2D eigenvalue weighted by molar-refractivity contribution is 0.155. The van der Waals surface area contributed by atoms with Crippen LogP contribution in [-0.2, 0) is 17.2 Å². The van der Waals surface area contributed by atoms with E-state index in [1.54, 1.807) is 0 Å². The van der Waals surface area contributed by atoms with Crippen LogP contribution >= 0.6 is 11.6 Å². The molecule has 0 saturated carbocycles. The number of allylic oxidation sites excluding steroid dienone is 1. The molecule has 1 aliphatic carbocycles. The van der Waals surface area contributed by atoms with Crippen LogP contribution in [0.1, 0.15) is 24.1 Å². The SMILES string of the molecule is O=[S@]1CCc2nc(N3C[C@@H]4CC(c5ccc(Cl)cc5)=C[C@@H]4C3)nc(NC3CN(CCCF)C3)c21. The molecule has 2 fully saturated rings. The monoisotopic (exact) mass is 501 g/mol. The number of aryl methyl sites for hydroxylation is 1. The standard InChI is InChI=1S/C25H29ClFN5OS/c26-20-4-2-16(3-5-20)17-10-18-12-32(13-19(18)11-17)25-29-22-6-9-34(33)23(22)24(30-25)28-21-14-31(15-21)8-1-7-27/h2-5,10,18-19,21H,1,6-9,11-15H2,(H,28,29,30)/t18-,19+,34+/m1/s1. The Labute approximate surface area is 207 Å². The van der Waals surface area contributed by atoms with Crippen LogP contribution in [0.3, 0.4) is 0 Å². The molecule has 180 valence electrons. The van der Waals surface area contributed by atoms with Crippen LogP contribution in [0.25, 0.3) is 5.57 Å². The van der Waals surface area contributed by atoms with Gasteiger partial charge in [0.1, 0.15) is 10.7 Å². The Hall–Kier alpha value is -2.03. The minimum absolute atomic E-state index is 0.256. The molecule has 3 aliphatic heterocycles. The van der Waals surface area contributed by atoms with Crippen LogP contribution in [0, 0.1) is 11.8 Å². The first-order valence-electron chi connectivity index (χ1n) is 12.1. The average Bonchev–Trinajstić information content (AvgIpc) is 3.49. The second kappa shape index (κ2) is 9.21. The summed E-state index contributed by atoms with van der Waals surface area (Å²) >= 11 is 6.05. The van der Waals surface area contributed by atoms with Gasteiger partial charge in [-0.3, -0.25) is 13.5 Å². The third-order valence-corrected chi connectivity index (χ3v) is 9.18. The Kier molecular flexibility index (Phi) is 6.07. The van der Waals surface area contributed by atoms with Gasteiger partial charge in [-0.1, -0.05) is 29.8 Å². The zero-order valence-corrected chi connectivity index (χ0v) is 20.6. The summed E-state index contributed by atoms with van der Waals surface area (Å²) in [6.45, 7) is 4.09. The predicted octanol–water partition coefficient (Wildman–Crippen LogP) is 3.79. The van der Waals surface area contributed by atoms with Crippen molar-refractivity contribution in [3.8, 4) is 0 Å². The lowest BCUT2D eigenvalue weighted by atomic mass is 9.98. The van der Waals surface area contributed by atoms with Crippen molar-refractivity contribution >= 4 is 39.7 Å². The third-order valence-electron chi connectivity index (χ3n) is 7.47.